The lowest BCUT2D eigenvalue weighted by molar-refractivity contribution is -0.192. The molecule has 4 rings (SSSR count). The van der Waals surface area contributed by atoms with Crippen LogP contribution in [-0.4, -0.2) is 63.8 Å². The van der Waals surface area contributed by atoms with Crippen LogP contribution in [0.4, 0.5) is 24.5 Å². The Labute approximate surface area is 232 Å². The van der Waals surface area contributed by atoms with Crippen LogP contribution in [0.3, 0.4) is 0 Å². The number of nitrogens with zero attached hydrogens (tertiary/aromatic N) is 1. The number of aliphatic carboxylic acids is 1. The summed E-state index contributed by atoms with van der Waals surface area (Å²) in [7, 11) is -3.80. The van der Waals surface area contributed by atoms with Crippen molar-refractivity contribution in [2.45, 2.75) is 63.1 Å². The van der Waals surface area contributed by atoms with Gasteiger partial charge in [-0.25, -0.2) is 13.2 Å². The fourth-order valence-electron chi connectivity index (χ4n) is 4.43. The first-order valence-electron chi connectivity index (χ1n) is 13.2. The maximum atomic E-state index is 13.4. The summed E-state index contributed by atoms with van der Waals surface area (Å²) in [5, 5.41) is 13.4. The molecule has 13 heteroatoms. The quantitative estimate of drug-likeness (QED) is 0.388. The summed E-state index contributed by atoms with van der Waals surface area (Å²) in [6.07, 6.45) is -0.108. The predicted octanol–water partition coefficient (Wildman–Crippen LogP) is 3.94. The lowest BCUT2D eigenvalue weighted by atomic mass is 9.92. The molecule has 2 aromatic carbocycles. The third-order valence-corrected chi connectivity index (χ3v) is 8.19. The number of anilines is 2. The molecule has 1 aliphatic heterocycles. The molecule has 1 atom stereocenters. The van der Waals surface area contributed by atoms with Crippen LogP contribution in [0.5, 0.6) is 0 Å². The van der Waals surface area contributed by atoms with Gasteiger partial charge in [0.15, 0.2) is 0 Å². The molecule has 4 N–H and O–H groups in total. The second kappa shape index (κ2) is 13.4. The molecule has 1 unspecified atom stereocenters. The number of rotatable bonds is 7. The first kappa shape index (κ1) is 31.2. The maximum absolute atomic E-state index is 13.4. The summed E-state index contributed by atoms with van der Waals surface area (Å²) in [5.74, 6) is -2.96. The van der Waals surface area contributed by atoms with E-state index in [1.165, 1.54) is 5.56 Å². The molecule has 2 aromatic rings. The van der Waals surface area contributed by atoms with Crippen LogP contribution in [0.15, 0.2) is 41.3 Å². The van der Waals surface area contributed by atoms with Gasteiger partial charge in [-0.3, -0.25) is 9.52 Å². The number of piperazine rings is 1. The molecular formula is C27H35F3N4O5S. The van der Waals surface area contributed by atoms with Crippen molar-refractivity contribution in [1.29, 1.82) is 0 Å². The first-order valence-corrected chi connectivity index (χ1v) is 14.7. The summed E-state index contributed by atoms with van der Waals surface area (Å²) >= 11 is 0. The van der Waals surface area contributed by atoms with Crippen molar-refractivity contribution in [1.82, 2.24) is 10.6 Å². The van der Waals surface area contributed by atoms with Gasteiger partial charge in [0.2, 0.25) is 0 Å². The molecular weight excluding hydrogens is 549 g/mol. The van der Waals surface area contributed by atoms with E-state index in [1.807, 2.05) is 26.0 Å². The van der Waals surface area contributed by atoms with Crippen LogP contribution in [0.2, 0.25) is 0 Å². The largest absolute Gasteiger partial charge is 0.490 e. The average molecular weight is 585 g/mol. The minimum atomic E-state index is -5.08. The molecule has 0 spiro atoms. The van der Waals surface area contributed by atoms with Crippen LogP contribution in [-0.2, 0) is 27.7 Å². The van der Waals surface area contributed by atoms with Gasteiger partial charge in [0.05, 0.1) is 16.3 Å². The summed E-state index contributed by atoms with van der Waals surface area (Å²) < 4.78 is 61.3. The smallest absolute Gasteiger partial charge is 0.475 e. The number of fused-ring (bicyclic) bond motifs is 1. The zero-order chi connectivity index (χ0) is 29.5. The molecule has 1 fully saturated rings. The number of sulfonamides is 1. The summed E-state index contributed by atoms with van der Waals surface area (Å²) in [4.78, 5) is 24.1. The molecule has 40 heavy (non-hydrogen) atoms. The number of halogens is 3. The van der Waals surface area contributed by atoms with Crippen LogP contribution in [0.25, 0.3) is 0 Å². The summed E-state index contributed by atoms with van der Waals surface area (Å²) in [6.45, 7) is 7.15. The van der Waals surface area contributed by atoms with Crippen molar-refractivity contribution < 1.29 is 36.3 Å². The van der Waals surface area contributed by atoms with Gasteiger partial charge in [-0.2, -0.15) is 13.2 Å². The number of hydrogen-bond donors (Lipinski definition) is 4. The highest BCUT2D eigenvalue weighted by atomic mass is 32.2. The Hall–Kier alpha value is -3.32. The molecule has 220 valence electrons. The SMILES string of the molecule is CCC(C)NC(=O)c1ccc(N2CCNCC2)c(NS(=O)(=O)c2ccc3c(c2)CCCC3)c1.O=C(O)C(F)(F)F. The number of carboxylic acids is 1. The van der Waals surface area contributed by atoms with Crippen molar-refractivity contribution in [3.8, 4) is 0 Å². The Morgan fingerprint density at radius 2 is 1.68 bits per heavy atom. The molecule has 0 radical (unpaired) electrons. The second-order valence-corrected chi connectivity index (χ2v) is 11.5. The number of benzene rings is 2. The van der Waals surface area contributed by atoms with Gasteiger partial charge in [-0.1, -0.05) is 13.0 Å². The first-order chi connectivity index (χ1) is 18.8. The highest BCUT2D eigenvalue weighted by molar-refractivity contribution is 7.92. The zero-order valence-electron chi connectivity index (χ0n) is 22.5. The number of nitrogens with one attached hydrogen (secondary N) is 3. The Balaban J connectivity index is 0.000000559. The van der Waals surface area contributed by atoms with E-state index in [9.17, 15) is 26.4 Å². The standard InChI is InChI=1S/C25H34N4O3S.C2HF3O2/c1-3-18(2)27-25(30)21-9-11-24(29-14-12-26-13-15-29)23(17-21)28-33(31,32)22-10-8-19-6-4-5-7-20(19)16-22;3-2(4,5)1(6)7/h8-11,16-18,26,28H,3-7,12-15H2,1-2H3,(H,27,30);(H,6,7). The van der Waals surface area contributed by atoms with E-state index < -0.39 is 22.2 Å². The summed E-state index contributed by atoms with van der Waals surface area (Å²) in [5.41, 5.74) is 4.03. The Morgan fingerprint density at radius 3 is 2.27 bits per heavy atom. The van der Waals surface area contributed by atoms with E-state index in [-0.39, 0.29) is 16.8 Å². The van der Waals surface area contributed by atoms with E-state index in [1.54, 1.807) is 24.3 Å². The molecule has 1 aliphatic carbocycles. The molecule has 0 aromatic heterocycles. The third kappa shape index (κ3) is 8.34. The van der Waals surface area contributed by atoms with Gasteiger partial charge in [-0.05, 0) is 80.5 Å². The zero-order valence-corrected chi connectivity index (χ0v) is 23.3. The van der Waals surface area contributed by atoms with Crippen LogP contribution < -0.4 is 20.3 Å². The number of hydrogen-bond acceptors (Lipinski definition) is 6. The molecule has 2 aliphatic rings. The van der Waals surface area contributed by atoms with Gasteiger partial charge < -0.3 is 20.6 Å². The normalized spacial score (nSPS) is 16.2. The highest BCUT2D eigenvalue weighted by Crippen LogP contribution is 2.31. The lowest BCUT2D eigenvalue weighted by Crippen LogP contribution is -2.43. The van der Waals surface area contributed by atoms with E-state index in [4.69, 9.17) is 9.90 Å². The van der Waals surface area contributed by atoms with Gasteiger partial charge in [0.1, 0.15) is 0 Å². The monoisotopic (exact) mass is 584 g/mol. The lowest BCUT2D eigenvalue weighted by Gasteiger charge is -2.31. The predicted molar refractivity (Wildman–Crippen MR) is 146 cm³/mol. The number of carbonyl (C=O) groups is 2. The number of carbonyl (C=O) groups excluding carboxylic acids is 1. The molecule has 9 nitrogen and oxygen atoms in total. The number of amides is 1. The number of alkyl halides is 3. The van der Waals surface area contributed by atoms with Crippen LogP contribution in [0, 0.1) is 0 Å². The molecule has 0 bridgehead atoms. The average Bonchev–Trinajstić information content (AvgIpc) is 2.92. The minimum absolute atomic E-state index is 0.0426. The van der Waals surface area contributed by atoms with Gasteiger partial charge in [0.25, 0.3) is 15.9 Å². The Bertz CT molecular complexity index is 1310. The fourth-order valence-corrected chi connectivity index (χ4v) is 5.55. The van der Waals surface area contributed by atoms with Crippen LogP contribution in [0.1, 0.15) is 54.6 Å². The van der Waals surface area contributed by atoms with Gasteiger partial charge >= 0.3 is 12.1 Å². The van der Waals surface area contributed by atoms with Crippen molar-refractivity contribution in [2.24, 2.45) is 0 Å². The molecule has 0 saturated carbocycles. The van der Waals surface area contributed by atoms with Crippen molar-refractivity contribution in [3.63, 3.8) is 0 Å². The number of aryl methyl sites for hydroxylation is 2. The Morgan fingerprint density at radius 1 is 1.05 bits per heavy atom. The maximum Gasteiger partial charge on any atom is 0.490 e. The highest BCUT2D eigenvalue weighted by Gasteiger charge is 2.38. The second-order valence-electron chi connectivity index (χ2n) is 9.80. The van der Waals surface area contributed by atoms with Crippen molar-refractivity contribution in [3.05, 3.63) is 53.1 Å². The molecule has 1 amide bonds. The Kier molecular flexibility index (Phi) is 10.4. The van der Waals surface area contributed by atoms with Gasteiger partial charge in [-0.15, -0.1) is 0 Å². The van der Waals surface area contributed by atoms with E-state index in [0.717, 1.165) is 69.5 Å². The van der Waals surface area contributed by atoms with Crippen LogP contribution >= 0.6 is 0 Å². The van der Waals surface area contributed by atoms with E-state index >= 15 is 0 Å². The summed E-state index contributed by atoms with van der Waals surface area (Å²) in [6, 6.07) is 10.8. The minimum Gasteiger partial charge on any atom is -0.475 e. The molecule has 1 heterocycles. The number of carboxylic acid groups (broad SMARTS) is 1. The molecule has 1 saturated heterocycles. The van der Waals surface area contributed by atoms with Gasteiger partial charge in [0, 0.05) is 37.8 Å². The third-order valence-electron chi connectivity index (χ3n) is 6.82. The fraction of sp³-hybridized carbons (Fsp3) is 0.481. The van der Waals surface area contributed by atoms with E-state index in [2.05, 4.69) is 20.3 Å². The van der Waals surface area contributed by atoms with E-state index in [0.29, 0.717) is 11.3 Å². The van der Waals surface area contributed by atoms with Crippen molar-refractivity contribution >= 4 is 33.3 Å². The topological polar surface area (TPSA) is 128 Å². The van der Waals surface area contributed by atoms with Crippen molar-refractivity contribution in [2.75, 3.05) is 35.8 Å².